The van der Waals surface area contributed by atoms with E-state index in [1.165, 1.54) is 11.6 Å². The van der Waals surface area contributed by atoms with Crippen molar-refractivity contribution < 1.29 is 9.13 Å². The number of aryl methyl sites for hydroxylation is 1. The maximum atomic E-state index is 13.6. The lowest BCUT2D eigenvalue weighted by Crippen LogP contribution is -2.38. The first-order valence-corrected chi connectivity index (χ1v) is 7.81. The number of ether oxygens (including phenoxy) is 1. The zero-order valence-corrected chi connectivity index (χ0v) is 14.3. The second kappa shape index (κ2) is 8.86. The molecule has 0 fully saturated rings. The Morgan fingerprint density at radius 2 is 2.12 bits per heavy atom. The van der Waals surface area contributed by atoms with Crippen LogP contribution in [0.3, 0.4) is 0 Å². The Bertz CT molecular complexity index is 703. The van der Waals surface area contributed by atoms with E-state index in [4.69, 9.17) is 4.74 Å². The Labute approximate surface area is 142 Å². The summed E-state index contributed by atoms with van der Waals surface area (Å²) in [6.45, 7) is 3.02. The number of nitrogens with one attached hydrogen (secondary N) is 2. The Morgan fingerprint density at radius 1 is 1.29 bits per heavy atom. The summed E-state index contributed by atoms with van der Waals surface area (Å²) in [4.78, 5) is 8.15. The third-order valence-corrected chi connectivity index (χ3v) is 3.60. The lowest BCUT2D eigenvalue weighted by molar-refractivity contribution is 0.409. The van der Waals surface area contributed by atoms with Gasteiger partial charge in [0.2, 0.25) is 0 Å². The van der Waals surface area contributed by atoms with Gasteiger partial charge in [0.05, 0.1) is 19.3 Å². The van der Waals surface area contributed by atoms with Crippen LogP contribution in [0.2, 0.25) is 0 Å². The lowest BCUT2D eigenvalue weighted by Gasteiger charge is -2.13. The number of benzene rings is 1. The monoisotopic (exact) mass is 330 g/mol. The van der Waals surface area contributed by atoms with Gasteiger partial charge in [-0.1, -0.05) is 17.7 Å². The standard InChI is InChI=1S/C18H23FN4O/c1-13-6-7-17(24-3)14(11-13)8-10-22-18(20-2)23-12-16-15(19)5-4-9-21-16/h4-7,9,11H,8,10,12H2,1-3H3,(H2,20,22,23). The fraction of sp³-hybridized carbons (Fsp3) is 0.333. The van der Waals surface area contributed by atoms with Crippen LogP contribution in [0, 0.1) is 12.7 Å². The van der Waals surface area contributed by atoms with E-state index in [0.29, 0.717) is 18.2 Å². The highest BCUT2D eigenvalue weighted by Crippen LogP contribution is 2.19. The van der Waals surface area contributed by atoms with Gasteiger partial charge in [0.25, 0.3) is 0 Å². The largest absolute Gasteiger partial charge is 0.496 e. The van der Waals surface area contributed by atoms with Gasteiger partial charge >= 0.3 is 0 Å². The Kier molecular flexibility index (Phi) is 6.54. The van der Waals surface area contributed by atoms with E-state index < -0.39 is 0 Å². The SMILES string of the molecule is CN=C(NCCc1cc(C)ccc1OC)NCc1ncccc1F. The van der Waals surface area contributed by atoms with Crippen molar-refractivity contribution in [1.29, 1.82) is 0 Å². The number of aliphatic imine (C=N–C) groups is 1. The van der Waals surface area contributed by atoms with Crippen molar-refractivity contribution in [2.75, 3.05) is 20.7 Å². The molecule has 1 heterocycles. The first kappa shape index (κ1) is 17.7. The van der Waals surface area contributed by atoms with Crippen LogP contribution in [0.15, 0.2) is 41.5 Å². The van der Waals surface area contributed by atoms with Gasteiger partial charge in [-0.2, -0.15) is 0 Å². The molecular weight excluding hydrogens is 307 g/mol. The highest BCUT2D eigenvalue weighted by atomic mass is 19.1. The summed E-state index contributed by atoms with van der Waals surface area (Å²) in [6, 6.07) is 9.07. The Hall–Kier alpha value is -2.63. The molecule has 5 nitrogen and oxygen atoms in total. The molecule has 128 valence electrons. The van der Waals surface area contributed by atoms with E-state index >= 15 is 0 Å². The van der Waals surface area contributed by atoms with Gasteiger partial charge in [0.1, 0.15) is 11.6 Å². The van der Waals surface area contributed by atoms with Crippen LogP contribution in [-0.2, 0) is 13.0 Å². The minimum atomic E-state index is -0.329. The molecule has 2 aromatic rings. The Balaban J connectivity index is 1.86. The number of nitrogens with zero attached hydrogens (tertiary/aromatic N) is 2. The van der Waals surface area contributed by atoms with Crippen molar-refractivity contribution >= 4 is 5.96 Å². The highest BCUT2D eigenvalue weighted by Gasteiger charge is 2.06. The maximum Gasteiger partial charge on any atom is 0.191 e. The topological polar surface area (TPSA) is 58.5 Å². The van der Waals surface area contributed by atoms with Crippen molar-refractivity contribution in [2.45, 2.75) is 19.9 Å². The first-order valence-electron chi connectivity index (χ1n) is 7.81. The number of halogens is 1. The van der Waals surface area contributed by atoms with E-state index in [9.17, 15) is 4.39 Å². The van der Waals surface area contributed by atoms with Gasteiger partial charge < -0.3 is 15.4 Å². The van der Waals surface area contributed by atoms with E-state index in [1.807, 2.05) is 12.1 Å². The molecule has 0 saturated carbocycles. The highest BCUT2D eigenvalue weighted by molar-refractivity contribution is 5.79. The van der Waals surface area contributed by atoms with Crippen LogP contribution in [-0.4, -0.2) is 31.6 Å². The summed E-state index contributed by atoms with van der Waals surface area (Å²) < 4.78 is 18.9. The molecule has 1 aromatic heterocycles. The van der Waals surface area contributed by atoms with Crippen LogP contribution in [0.1, 0.15) is 16.8 Å². The predicted molar refractivity (Wildman–Crippen MR) is 93.8 cm³/mol. The molecule has 24 heavy (non-hydrogen) atoms. The molecule has 1 aromatic carbocycles. The lowest BCUT2D eigenvalue weighted by atomic mass is 10.1. The molecule has 2 rings (SSSR count). The zero-order chi connectivity index (χ0) is 17.4. The molecule has 2 N–H and O–H groups in total. The smallest absolute Gasteiger partial charge is 0.191 e. The van der Waals surface area contributed by atoms with Crippen LogP contribution in [0.5, 0.6) is 5.75 Å². The number of hydrogen-bond acceptors (Lipinski definition) is 3. The van der Waals surface area contributed by atoms with E-state index in [1.54, 1.807) is 26.4 Å². The predicted octanol–water partition coefficient (Wildman–Crippen LogP) is 2.45. The van der Waals surface area contributed by atoms with Crippen LogP contribution < -0.4 is 15.4 Å². The van der Waals surface area contributed by atoms with Crippen LogP contribution in [0.4, 0.5) is 4.39 Å². The van der Waals surface area contributed by atoms with Crippen molar-refractivity contribution in [3.8, 4) is 5.75 Å². The number of aromatic nitrogens is 1. The number of methoxy groups -OCH3 is 1. The molecule has 0 atom stereocenters. The molecule has 0 saturated heterocycles. The third kappa shape index (κ3) is 4.94. The maximum absolute atomic E-state index is 13.6. The summed E-state index contributed by atoms with van der Waals surface area (Å²) in [7, 11) is 3.35. The Morgan fingerprint density at radius 3 is 2.83 bits per heavy atom. The average molecular weight is 330 g/mol. The van der Waals surface area contributed by atoms with Gasteiger partial charge in [-0.3, -0.25) is 9.98 Å². The van der Waals surface area contributed by atoms with Gasteiger partial charge in [0, 0.05) is 19.8 Å². The molecule has 0 spiro atoms. The minimum Gasteiger partial charge on any atom is -0.496 e. The molecule has 0 bridgehead atoms. The molecule has 0 aliphatic rings. The van der Waals surface area contributed by atoms with Crippen molar-refractivity contribution in [2.24, 2.45) is 4.99 Å². The summed E-state index contributed by atoms with van der Waals surface area (Å²) in [5.74, 6) is 1.15. The molecule has 0 aliphatic heterocycles. The number of pyridine rings is 1. The average Bonchev–Trinajstić information content (AvgIpc) is 2.59. The molecular formula is C18H23FN4O. The number of hydrogen-bond donors (Lipinski definition) is 2. The third-order valence-electron chi connectivity index (χ3n) is 3.60. The van der Waals surface area contributed by atoms with Gasteiger partial charge in [-0.25, -0.2) is 4.39 Å². The summed E-state index contributed by atoms with van der Waals surface area (Å²) in [5.41, 5.74) is 2.69. The fourth-order valence-corrected chi connectivity index (χ4v) is 2.35. The van der Waals surface area contributed by atoms with E-state index in [0.717, 1.165) is 17.7 Å². The van der Waals surface area contributed by atoms with Gasteiger partial charge in [-0.05, 0) is 37.1 Å². The number of rotatable bonds is 6. The number of guanidine groups is 1. The summed E-state index contributed by atoms with van der Waals surface area (Å²) >= 11 is 0. The molecule has 6 heteroatoms. The van der Waals surface area contributed by atoms with Crippen molar-refractivity contribution in [3.63, 3.8) is 0 Å². The first-order chi connectivity index (χ1) is 11.6. The second-order valence-electron chi connectivity index (χ2n) is 5.35. The molecule has 0 aliphatic carbocycles. The quantitative estimate of drug-likeness (QED) is 0.631. The molecule has 0 unspecified atom stereocenters. The minimum absolute atomic E-state index is 0.278. The van der Waals surface area contributed by atoms with E-state index in [2.05, 4.69) is 33.6 Å². The fourth-order valence-electron chi connectivity index (χ4n) is 2.35. The second-order valence-corrected chi connectivity index (χ2v) is 5.35. The molecule has 0 amide bonds. The van der Waals surface area contributed by atoms with Crippen molar-refractivity contribution in [1.82, 2.24) is 15.6 Å². The normalized spacial score (nSPS) is 11.2. The summed E-state index contributed by atoms with van der Waals surface area (Å²) in [5, 5.41) is 6.27. The van der Waals surface area contributed by atoms with E-state index in [-0.39, 0.29) is 12.4 Å². The van der Waals surface area contributed by atoms with Gasteiger partial charge in [-0.15, -0.1) is 0 Å². The van der Waals surface area contributed by atoms with Crippen LogP contribution >= 0.6 is 0 Å². The molecule has 0 radical (unpaired) electrons. The van der Waals surface area contributed by atoms with Crippen molar-refractivity contribution in [3.05, 3.63) is 59.2 Å². The summed E-state index contributed by atoms with van der Waals surface area (Å²) in [6.07, 6.45) is 2.36. The van der Waals surface area contributed by atoms with Gasteiger partial charge in [0.15, 0.2) is 5.96 Å². The zero-order valence-electron chi connectivity index (χ0n) is 14.3. The van der Waals surface area contributed by atoms with Crippen LogP contribution in [0.25, 0.3) is 0 Å².